The Morgan fingerprint density at radius 2 is 2.38 bits per heavy atom. The van der Waals surface area contributed by atoms with Gasteiger partial charge >= 0.3 is 0 Å². The number of carbonyl (C=O) groups excluding carboxylic acids is 2. The smallest absolute Gasteiger partial charge is 0.289 e. The highest BCUT2D eigenvalue weighted by Crippen LogP contribution is 2.19. The van der Waals surface area contributed by atoms with Crippen molar-refractivity contribution in [1.82, 2.24) is 15.2 Å². The molecule has 0 aromatic carbocycles. The SMILES string of the molecule is Cc1nc(CCNC(=O)[C@@H]2CCCN(C(=O)c3ccco3)C2)cs1. The molecule has 1 N–H and O–H groups in total. The molecule has 24 heavy (non-hydrogen) atoms. The van der Waals surface area contributed by atoms with Crippen LogP contribution in [-0.4, -0.2) is 41.3 Å². The molecule has 3 heterocycles. The van der Waals surface area contributed by atoms with Crippen molar-refractivity contribution in [3.8, 4) is 0 Å². The number of likely N-dealkylation sites (tertiary alicyclic amines) is 1. The van der Waals surface area contributed by atoms with Crippen molar-refractivity contribution in [2.45, 2.75) is 26.2 Å². The van der Waals surface area contributed by atoms with Crippen LogP contribution in [0.1, 0.15) is 34.1 Å². The number of rotatable bonds is 5. The Morgan fingerprint density at radius 1 is 1.50 bits per heavy atom. The van der Waals surface area contributed by atoms with Gasteiger partial charge in [-0.15, -0.1) is 11.3 Å². The molecule has 2 amide bonds. The first-order valence-electron chi connectivity index (χ1n) is 8.15. The third-order valence-electron chi connectivity index (χ3n) is 4.16. The van der Waals surface area contributed by atoms with Crippen molar-refractivity contribution in [3.05, 3.63) is 40.2 Å². The van der Waals surface area contributed by atoms with Crippen LogP contribution in [0.4, 0.5) is 0 Å². The van der Waals surface area contributed by atoms with Crippen LogP contribution in [0.2, 0.25) is 0 Å². The fraction of sp³-hybridized carbons (Fsp3) is 0.471. The fourth-order valence-corrected chi connectivity index (χ4v) is 3.56. The van der Waals surface area contributed by atoms with Crippen LogP contribution in [0.3, 0.4) is 0 Å². The highest BCUT2D eigenvalue weighted by atomic mass is 32.1. The van der Waals surface area contributed by atoms with Crippen LogP contribution in [0.5, 0.6) is 0 Å². The number of hydrogen-bond donors (Lipinski definition) is 1. The number of carbonyl (C=O) groups is 2. The van der Waals surface area contributed by atoms with Gasteiger partial charge in [0.15, 0.2) is 5.76 Å². The van der Waals surface area contributed by atoms with Gasteiger partial charge in [-0.25, -0.2) is 4.98 Å². The maximum absolute atomic E-state index is 12.4. The van der Waals surface area contributed by atoms with E-state index in [-0.39, 0.29) is 17.7 Å². The molecule has 1 atom stereocenters. The largest absolute Gasteiger partial charge is 0.459 e. The van der Waals surface area contributed by atoms with Crippen molar-refractivity contribution >= 4 is 23.2 Å². The number of hydrogen-bond acceptors (Lipinski definition) is 5. The highest BCUT2D eigenvalue weighted by Gasteiger charge is 2.29. The predicted octanol–water partition coefficient (Wildman–Crippen LogP) is 2.26. The fourth-order valence-electron chi connectivity index (χ4n) is 2.91. The number of aromatic nitrogens is 1. The summed E-state index contributed by atoms with van der Waals surface area (Å²) in [4.78, 5) is 30.8. The molecule has 0 unspecified atom stereocenters. The Kier molecular flexibility index (Phi) is 5.30. The Bertz CT molecular complexity index is 696. The quantitative estimate of drug-likeness (QED) is 0.900. The van der Waals surface area contributed by atoms with Crippen LogP contribution < -0.4 is 5.32 Å². The Morgan fingerprint density at radius 3 is 3.08 bits per heavy atom. The van der Waals surface area contributed by atoms with Gasteiger partial charge in [0.25, 0.3) is 5.91 Å². The van der Waals surface area contributed by atoms with Crippen LogP contribution in [-0.2, 0) is 11.2 Å². The maximum atomic E-state index is 12.4. The molecule has 1 aliphatic heterocycles. The van der Waals surface area contributed by atoms with Gasteiger partial charge < -0.3 is 14.6 Å². The summed E-state index contributed by atoms with van der Waals surface area (Å²) in [6.45, 7) is 3.66. The summed E-state index contributed by atoms with van der Waals surface area (Å²) in [7, 11) is 0. The molecule has 1 fully saturated rings. The average Bonchev–Trinajstić information content (AvgIpc) is 3.26. The van der Waals surface area contributed by atoms with Gasteiger partial charge in [-0.1, -0.05) is 0 Å². The Hall–Kier alpha value is -2.15. The molecule has 2 aromatic rings. The lowest BCUT2D eigenvalue weighted by Crippen LogP contribution is -2.45. The normalized spacial score (nSPS) is 17.7. The first-order valence-corrected chi connectivity index (χ1v) is 9.03. The first kappa shape index (κ1) is 16.7. The summed E-state index contributed by atoms with van der Waals surface area (Å²) in [5.74, 6) is 0.0409. The summed E-state index contributed by atoms with van der Waals surface area (Å²) in [6, 6.07) is 3.35. The van der Waals surface area contributed by atoms with E-state index in [4.69, 9.17) is 4.42 Å². The van der Waals surface area contributed by atoms with E-state index in [2.05, 4.69) is 10.3 Å². The molecule has 0 aliphatic carbocycles. The number of amides is 2. The van der Waals surface area contributed by atoms with Gasteiger partial charge in [0.2, 0.25) is 5.91 Å². The minimum absolute atomic E-state index is 0.0129. The number of aryl methyl sites for hydroxylation is 1. The molecule has 1 aliphatic rings. The van der Waals surface area contributed by atoms with Gasteiger partial charge in [-0.05, 0) is 31.9 Å². The van der Waals surface area contributed by atoms with Gasteiger partial charge in [0.05, 0.1) is 22.9 Å². The topological polar surface area (TPSA) is 75.4 Å². The number of nitrogens with one attached hydrogen (secondary N) is 1. The summed E-state index contributed by atoms with van der Waals surface area (Å²) in [6.07, 6.45) is 3.86. The molecule has 0 bridgehead atoms. The zero-order chi connectivity index (χ0) is 16.9. The van der Waals surface area contributed by atoms with Crippen LogP contribution in [0.25, 0.3) is 0 Å². The second-order valence-corrected chi connectivity index (χ2v) is 7.03. The molecule has 2 aromatic heterocycles. The molecule has 3 rings (SSSR count). The third-order valence-corrected chi connectivity index (χ3v) is 4.98. The average molecular weight is 347 g/mol. The number of furan rings is 1. The molecule has 0 saturated carbocycles. The van der Waals surface area contributed by atoms with Gasteiger partial charge in [-0.2, -0.15) is 0 Å². The number of thiazole rings is 1. The van der Waals surface area contributed by atoms with Crippen molar-refractivity contribution < 1.29 is 14.0 Å². The number of piperidine rings is 1. The minimum atomic E-state index is -0.158. The van der Waals surface area contributed by atoms with E-state index in [1.165, 1.54) is 6.26 Å². The lowest BCUT2D eigenvalue weighted by Gasteiger charge is -2.31. The van der Waals surface area contributed by atoms with E-state index >= 15 is 0 Å². The van der Waals surface area contributed by atoms with E-state index in [9.17, 15) is 9.59 Å². The molecule has 6 nitrogen and oxygen atoms in total. The van der Waals surface area contributed by atoms with Crippen LogP contribution in [0.15, 0.2) is 28.2 Å². The van der Waals surface area contributed by atoms with Crippen molar-refractivity contribution in [1.29, 1.82) is 0 Å². The molecule has 0 radical (unpaired) electrons. The lowest BCUT2D eigenvalue weighted by molar-refractivity contribution is -0.126. The third kappa shape index (κ3) is 4.03. The minimum Gasteiger partial charge on any atom is -0.459 e. The highest BCUT2D eigenvalue weighted by molar-refractivity contribution is 7.09. The van der Waals surface area contributed by atoms with E-state index in [0.717, 1.165) is 30.0 Å². The van der Waals surface area contributed by atoms with Crippen LogP contribution >= 0.6 is 11.3 Å². The van der Waals surface area contributed by atoms with E-state index < -0.39 is 0 Å². The first-order chi connectivity index (χ1) is 11.6. The summed E-state index contributed by atoms with van der Waals surface area (Å²) in [5.41, 5.74) is 1.01. The van der Waals surface area contributed by atoms with Crippen LogP contribution in [0, 0.1) is 12.8 Å². The maximum Gasteiger partial charge on any atom is 0.289 e. The van der Waals surface area contributed by atoms with Gasteiger partial charge in [0, 0.05) is 31.4 Å². The number of nitrogens with zero attached hydrogens (tertiary/aromatic N) is 2. The molecule has 1 saturated heterocycles. The Labute approximate surface area is 144 Å². The molecule has 7 heteroatoms. The standard InChI is InChI=1S/C17H21N3O3S/c1-12-19-14(11-24-12)6-7-18-16(21)13-4-2-8-20(10-13)17(22)15-5-3-9-23-15/h3,5,9,11,13H,2,4,6-8,10H2,1H3,(H,18,21)/t13-/m1/s1. The molecule has 128 valence electrons. The van der Waals surface area contributed by atoms with E-state index in [1.54, 1.807) is 28.4 Å². The zero-order valence-electron chi connectivity index (χ0n) is 13.7. The summed E-state index contributed by atoms with van der Waals surface area (Å²) < 4.78 is 5.16. The predicted molar refractivity (Wildman–Crippen MR) is 90.9 cm³/mol. The Balaban J connectivity index is 1.48. The molecular formula is C17H21N3O3S. The lowest BCUT2D eigenvalue weighted by atomic mass is 9.97. The second kappa shape index (κ2) is 7.61. The molecular weight excluding hydrogens is 326 g/mol. The molecule has 0 spiro atoms. The monoisotopic (exact) mass is 347 g/mol. The van der Waals surface area contributed by atoms with Gasteiger partial charge in [0.1, 0.15) is 0 Å². The van der Waals surface area contributed by atoms with E-state index in [1.807, 2.05) is 12.3 Å². The van der Waals surface area contributed by atoms with E-state index in [0.29, 0.717) is 25.4 Å². The zero-order valence-corrected chi connectivity index (χ0v) is 14.5. The second-order valence-electron chi connectivity index (χ2n) is 5.97. The summed E-state index contributed by atoms with van der Waals surface area (Å²) in [5, 5.41) is 6.03. The van der Waals surface area contributed by atoms with Gasteiger partial charge in [-0.3, -0.25) is 9.59 Å². The van der Waals surface area contributed by atoms with Crippen molar-refractivity contribution in [3.63, 3.8) is 0 Å². The van der Waals surface area contributed by atoms with Crippen molar-refractivity contribution in [2.75, 3.05) is 19.6 Å². The van der Waals surface area contributed by atoms with Crippen molar-refractivity contribution in [2.24, 2.45) is 5.92 Å². The summed E-state index contributed by atoms with van der Waals surface area (Å²) >= 11 is 1.62.